The number of amides is 3. The van der Waals surface area contributed by atoms with Crippen molar-refractivity contribution in [2.45, 2.75) is 87.4 Å². The van der Waals surface area contributed by atoms with E-state index in [0.717, 1.165) is 64.0 Å². The number of anilines is 3. The molecule has 1 saturated heterocycles. The van der Waals surface area contributed by atoms with Crippen molar-refractivity contribution >= 4 is 103 Å². The fraction of sp³-hybridized carbons (Fsp3) is 0.351. The Labute approximate surface area is 593 Å². The molecule has 6 aromatic rings. The van der Waals surface area contributed by atoms with E-state index in [0.29, 0.717) is 117 Å². The number of methoxy groups -OCH3 is 1. The average molecular weight is 1420 g/mol. The summed E-state index contributed by atoms with van der Waals surface area (Å²) in [5.74, 6) is -0.00668. The van der Waals surface area contributed by atoms with Crippen molar-refractivity contribution in [3.63, 3.8) is 0 Å². The molecule has 1 aliphatic carbocycles. The molecule has 3 N–H and O–H groups in total. The molecule has 23 heteroatoms. The van der Waals surface area contributed by atoms with Crippen molar-refractivity contribution in [3.05, 3.63) is 199 Å². The van der Waals surface area contributed by atoms with E-state index in [9.17, 15) is 37.3 Å². The number of nitrogens with zero attached hydrogens (tertiary/aromatic N) is 7. The lowest BCUT2D eigenvalue weighted by atomic mass is 9.87. The van der Waals surface area contributed by atoms with Gasteiger partial charge in [-0.3, -0.25) is 28.7 Å². The summed E-state index contributed by atoms with van der Waals surface area (Å²) in [4.78, 5) is 61.0. The van der Waals surface area contributed by atoms with Crippen LogP contribution in [0.15, 0.2) is 164 Å². The predicted octanol–water partition coefficient (Wildman–Crippen LogP) is 13.9. The largest absolute Gasteiger partial charge is 0.456 e. The van der Waals surface area contributed by atoms with Crippen LogP contribution in [0, 0.1) is 0 Å². The third kappa shape index (κ3) is 18.2. The van der Waals surface area contributed by atoms with Gasteiger partial charge in [0.2, 0.25) is 23.2 Å². The number of aliphatic hydroxyl groups excluding tert-OH is 1. The highest BCUT2D eigenvalue weighted by atomic mass is 35.5. The Morgan fingerprint density at radius 3 is 2.10 bits per heavy atom. The second kappa shape index (κ2) is 34.1. The molecular weight excluding hydrogens is 1330 g/mol. The number of para-hydroxylation sites is 1. The quantitative estimate of drug-likeness (QED) is 0.0164. The summed E-state index contributed by atoms with van der Waals surface area (Å²) in [5.41, 5.74) is 9.38. The molecule has 0 aromatic heterocycles. The Hall–Kier alpha value is -8.77. The van der Waals surface area contributed by atoms with Crippen LogP contribution in [0.5, 0.6) is 0 Å². The highest BCUT2D eigenvalue weighted by Crippen LogP contribution is 2.49. The van der Waals surface area contributed by atoms with Crippen LogP contribution in [0.25, 0.3) is 57.7 Å². The van der Waals surface area contributed by atoms with E-state index in [1.54, 1.807) is 42.4 Å². The van der Waals surface area contributed by atoms with Crippen LogP contribution in [0.3, 0.4) is 0 Å². The van der Waals surface area contributed by atoms with E-state index in [2.05, 4.69) is 40.9 Å². The van der Waals surface area contributed by atoms with E-state index in [1.807, 2.05) is 119 Å². The summed E-state index contributed by atoms with van der Waals surface area (Å²) >= 11 is 13.6. The number of aliphatic hydroxyl groups is 1. The van der Waals surface area contributed by atoms with Gasteiger partial charge < -0.3 is 48.7 Å². The minimum absolute atomic E-state index is 0.0388. The highest BCUT2D eigenvalue weighted by Gasteiger charge is 2.41. The maximum Gasteiger partial charge on any atom is 0.295 e. The van der Waals surface area contributed by atoms with E-state index >= 15 is 0 Å². The number of rotatable bonds is 30. The van der Waals surface area contributed by atoms with Gasteiger partial charge in [0.05, 0.1) is 74.4 Å². The summed E-state index contributed by atoms with van der Waals surface area (Å²) < 4.78 is 60.5. The van der Waals surface area contributed by atoms with Gasteiger partial charge in [-0.05, 0) is 95.5 Å². The Morgan fingerprint density at radius 2 is 1.38 bits per heavy atom. The predicted molar refractivity (Wildman–Crippen MR) is 393 cm³/mol. The first-order valence-electron chi connectivity index (χ1n) is 33.9. The molecule has 5 aliphatic rings. The number of piperazine rings is 1. The molecule has 3 atom stereocenters. The summed E-state index contributed by atoms with van der Waals surface area (Å²) in [7, 11) is 0.749. The maximum atomic E-state index is 14.2. The molecule has 0 saturated carbocycles. The first-order valence-corrected chi connectivity index (χ1v) is 36.1. The zero-order valence-corrected chi connectivity index (χ0v) is 58.8. The van der Waals surface area contributed by atoms with Crippen LogP contribution in [-0.4, -0.2) is 145 Å². The number of fused-ring (bicyclic) bond motifs is 7. The maximum absolute atomic E-state index is 14.2. The van der Waals surface area contributed by atoms with Gasteiger partial charge in [0.25, 0.3) is 10.1 Å². The number of hydrogen-bond acceptors (Lipinski definition) is 16. The van der Waals surface area contributed by atoms with E-state index < -0.39 is 27.7 Å². The van der Waals surface area contributed by atoms with Crippen LogP contribution in [0.1, 0.15) is 109 Å². The topological polar surface area (TPSA) is 237 Å². The van der Waals surface area contributed by atoms with Gasteiger partial charge in [0, 0.05) is 118 Å². The van der Waals surface area contributed by atoms with Gasteiger partial charge >= 0.3 is 0 Å². The zero-order chi connectivity index (χ0) is 70.3. The summed E-state index contributed by atoms with van der Waals surface area (Å²) in [6.07, 6.45) is 12.2. The minimum atomic E-state index is -4.86. The van der Waals surface area contributed by atoms with E-state index in [1.165, 1.54) is 18.2 Å². The molecule has 3 amide bonds. The average Bonchev–Trinajstić information content (AvgIpc) is 0.855. The molecular formula is C77H84Cl2N8O12S. The Morgan fingerprint density at radius 1 is 0.700 bits per heavy atom. The second-order valence-corrected chi connectivity index (χ2v) is 27.7. The van der Waals surface area contributed by atoms with Crippen molar-refractivity contribution < 1.29 is 51.1 Å². The number of carbonyl (C=O) groups is 3. The lowest BCUT2D eigenvalue weighted by Crippen LogP contribution is -2.49. The van der Waals surface area contributed by atoms with Gasteiger partial charge in [-0.2, -0.15) is 13.5 Å². The van der Waals surface area contributed by atoms with E-state index in [4.69, 9.17) is 46.9 Å². The number of hydrogen-bond donors (Lipinski definition) is 3. The van der Waals surface area contributed by atoms with Crippen LogP contribution in [0.2, 0.25) is 10.0 Å². The fourth-order valence-electron chi connectivity index (χ4n) is 13.0. The molecule has 0 radical (unpaired) electrons. The van der Waals surface area contributed by atoms with Crippen molar-refractivity contribution in [1.82, 2.24) is 15.2 Å². The molecule has 20 nitrogen and oxygen atoms in total. The number of unbranched alkanes of at least 4 members (excludes halogenated alkanes) is 3. The number of benzene rings is 7. The summed E-state index contributed by atoms with van der Waals surface area (Å²) in [6.45, 7) is 4.65. The molecule has 0 spiro atoms. The van der Waals surface area contributed by atoms with Crippen molar-refractivity contribution in [2.75, 3.05) is 108 Å². The normalized spacial score (nSPS) is 15.7. The molecule has 524 valence electrons. The molecule has 11 rings (SSSR count). The lowest BCUT2D eigenvalue weighted by Gasteiger charge is -2.36. The summed E-state index contributed by atoms with van der Waals surface area (Å²) in [5, 5.41) is 25.1. The lowest BCUT2D eigenvalue weighted by molar-refractivity contribution is -0.132. The molecule has 4 heterocycles. The molecule has 6 aromatic carbocycles. The van der Waals surface area contributed by atoms with Crippen molar-refractivity contribution in [2.24, 2.45) is 10.3 Å². The first-order chi connectivity index (χ1) is 48.4. The second-order valence-electron chi connectivity index (χ2n) is 25.5. The zero-order valence-electron chi connectivity index (χ0n) is 56.4. The molecule has 100 heavy (non-hydrogen) atoms. The van der Waals surface area contributed by atoms with Gasteiger partial charge in [0.15, 0.2) is 0 Å². The first kappa shape index (κ1) is 72.5. The van der Waals surface area contributed by atoms with Crippen LogP contribution < -0.4 is 25.4 Å². The Kier molecular flexibility index (Phi) is 24.7. The van der Waals surface area contributed by atoms with Gasteiger partial charge in [-0.15, -0.1) is 0 Å². The Balaban J connectivity index is 0.674. The SMILES string of the molecule is COCCOCC(O)CCCCCNC(=O)CCCCC(=O)N1Cc2ccccc2C2C(N=NN2CCOCCC(=O)N2CCN(c3cc4oc5cc(=O)c(Cl)cc-5c(-c5ccc(/C=C/c6ccc(/C=C/c7ccc(N(C)C)cc7)cc6)cc5S(=O)(=O)O)c4cc3Cl)CC2)c2ccccc21. The molecule has 4 aliphatic heterocycles. The number of carbonyl (C=O) groups excluding carboxylic acids is 3. The summed E-state index contributed by atoms with van der Waals surface area (Å²) in [6, 6.07) is 42.2. The molecule has 0 bridgehead atoms. The van der Waals surface area contributed by atoms with Crippen LogP contribution in [0.4, 0.5) is 17.1 Å². The van der Waals surface area contributed by atoms with Crippen molar-refractivity contribution in [1.29, 1.82) is 0 Å². The van der Waals surface area contributed by atoms with Crippen molar-refractivity contribution in [3.8, 4) is 22.5 Å². The van der Waals surface area contributed by atoms with Crippen LogP contribution in [-0.2, 0) is 45.3 Å². The van der Waals surface area contributed by atoms with Gasteiger partial charge in [0.1, 0.15) is 28.3 Å². The Bertz CT molecular complexity index is 4430. The minimum Gasteiger partial charge on any atom is -0.456 e. The van der Waals surface area contributed by atoms with Crippen LogP contribution >= 0.6 is 23.2 Å². The molecule has 3 unspecified atom stereocenters. The fourth-order valence-corrected chi connectivity index (χ4v) is 14.2. The number of ether oxygens (including phenoxy) is 3. The van der Waals surface area contributed by atoms with E-state index in [-0.39, 0.29) is 83.3 Å². The number of halogens is 2. The van der Waals surface area contributed by atoms with Gasteiger partial charge in [-0.25, -0.2) is 0 Å². The third-order valence-corrected chi connectivity index (χ3v) is 19.9. The van der Waals surface area contributed by atoms with Gasteiger partial charge in [-0.1, -0.05) is 157 Å². The molecule has 1 fully saturated rings. The number of nitrogens with one attached hydrogen (secondary N) is 1. The smallest absolute Gasteiger partial charge is 0.295 e. The standard InChI is InChI=1S/C77H84Cl2N8O12S/c1-83(2)57-31-28-54(29-32-57)25-24-52-20-22-53(23-21-52)26-27-55-30-33-61(71(45-55)100(93,94)95)75-62-46-64(78)67(48-69(62)99-70-49-68(89)65(79)47-63(70)75)84-36-38-85(39-37-84)73(91)34-41-97-42-40-87-77-59-15-7-6-13-56(59)50-86(66-17-9-8-16-60(66)76(77)81-82-87)74(92)19-11-10-18-72(90)80-35-12-4-5-14-58(88)51-98-44-43-96-3/h6-9,13,15-17,20-33,45-49,58,76-77,88H,4-5,10-12,14,18-19,34-44,50-51H2,1-3H3,(H,80,90)(H,93,94,95)/b25-24+,27-26+. The third-order valence-electron chi connectivity index (χ3n) is 18.4. The highest BCUT2D eigenvalue weighted by molar-refractivity contribution is 7.86. The monoisotopic (exact) mass is 1410 g/mol.